The van der Waals surface area contributed by atoms with E-state index in [2.05, 4.69) is 11.4 Å². The van der Waals surface area contributed by atoms with Crippen molar-refractivity contribution in [3.8, 4) is 6.07 Å². The molecule has 1 unspecified atom stereocenters. The van der Waals surface area contributed by atoms with Crippen LogP contribution >= 0.6 is 11.3 Å². The van der Waals surface area contributed by atoms with Gasteiger partial charge in [0, 0.05) is 38.5 Å². The van der Waals surface area contributed by atoms with E-state index < -0.39 is 0 Å². The van der Waals surface area contributed by atoms with E-state index in [1.54, 1.807) is 0 Å². The topological polar surface area (TPSA) is 90.6 Å². The molecule has 2 saturated heterocycles. The molecular formula is C23H29N5O3S. The van der Waals surface area contributed by atoms with Gasteiger partial charge in [-0.3, -0.25) is 14.5 Å². The Kier molecular flexibility index (Phi) is 6.94. The van der Waals surface area contributed by atoms with Gasteiger partial charge in [-0.05, 0) is 43.7 Å². The Morgan fingerprint density at radius 3 is 2.69 bits per heavy atom. The number of aromatic nitrogens is 1. The van der Waals surface area contributed by atoms with E-state index in [-0.39, 0.29) is 24.5 Å². The standard InChI is InChI=1S/C23H29N5O3S/c1-16-17(2)28(14-18-5-3-11-31-18)22(19(16)13-24)25-21(29)15-26-7-9-27(10-8-26)23(30)20-6-4-12-32-20/h4,6,12,18H,3,5,7-11,14-15H2,1-2H3,(H,25,29). The summed E-state index contributed by atoms with van der Waals surface area (Å²) < 4.78 is 7.79. The smallest absolute Gasteiger partial charge is 0.264 e. The summed E-state index contributed by atoms with van der Waals surface area (Å²) in [5.41, 5.74) is 2.38. The summed E-state index contributed by atoms with van der Waals surface area (Å²) in [7, 11) is 0. The average Bonchev–Trinajstić information content (AvgIpc) is 3.54. The largest absolute Gasteiger partial charge is 0.376 e. The number of rotatable bonds is 6. The second-order valence-corrected chi connectivity index (χ2v) is 9.33. The van der Waals surface area contributed by atoms with Crippen molar-refractivity contribution >= 4 is 29.0 Å². The molecule has 0 aromatic carbocycles. The lowest BCUT2D eigenvalue weighted by molar-refractivity contribution is -0.117. The summed E-state index contributed by atoms with van der Waals surface area (Å²) in [4.78, 5) is 30.0. The van der Waals surface area contributed by atoms with Gasteiger partial charge in [0.2, 0.25) is 5.91 Å². The normalized spacial score (nSPS) is 19.2. The molecule has 32 heavy (non-hydrogen) atoms. The van der Waals surface area contributed by atoms with Crippen LogP contribution in [0.3, 0.4) is 0 Å². The van der Waals surface area contributed by atoms with Crippen LogP contribution in [0.4, 0.5) is 5.82 Å². The summed E-state index contributed by atoms with van der Waals surface area (Å²) in [6.07, 6.45) is 2.13. The first-order chi connectivity index (χ1) is 15.5. The van der Waals surface area contributed by atoms with E-state index >= 15 is 0 Å². The Labute approximate surface area is 192 Å². The number of nitrogens with one attached hydrogen (secondary N) is 1. The van der Waals surface area contributed by atoms with Gasteiger partial charge < -0.3 is 19.5 Å². The first-order valence-electron chi connectivity index (χ1n) is 11.0. The van der Waals surface area contributed by atoms with Crippen molar-refractivity contribution < 1.29 is 14.3 Å². The van der Waals surface area contributed by atoms with Gasteiger partial charge in [0.25, 0.3) is 5.91 Å². The van der Waals surface area contributed by atoms with Crippen molar-refractivity contribution in [2.75, 3.05) is 44.6 Å². The zero-order valence-electron chi connectivity index (χ0n) is 18.6. The molecule has 2 aliphatic rings. The number of thiophene rings is 1. The third-order valence-corrected chi connectivity index (χ3v) is 7.23. The third kappa shape index (κ3) is 4.72. The van der Waals surface area contributed by atoms with Crippen molar-refractivity contribution in [3.05, 3.63) is 39.2 Å². The number of ether oxygens (including phenoxy) is 1. The van der Waals surface area contributed by atoms with Crippen molar-refractivity contribution in [2.24, 2.45) is 0 Å². The maximum Gasteiger partial charge on any atom is 0.264 e. The van der Waals surface area contributed by atoms with Crippen molar-refractivity contribution in [3.63, 3.8) is 0 Å². The highest BCUT2D eigenvalue weighted by molar-refractivity contribution is 7.12. The molecule has 2 aliphatic heterocycles. The summed E-state index contributed by atoms with van der Waals surface area (Å²) >= 11 is 1.45. The van der Waals surface area contributed by atoms with Gasteiger partial charge in [0.05, 0.1) is 29.6 Å². The first-order valence-corrected chi connectivity index (χ1v) is 11.9. The van der Waals surface area contributed by atoms with E-state index in [0.29, 0.717) is 44.1 Å². The monoisotopic (exact) mass is 455 g/mol. The number of hydrogen-bond donors (Lipinski definition) is 1. The molecule has 2 aromatic heterocycles. The lowest BCUT2D eigenvalue weighted by atomic mass is 10.2. The Morgan fingerprint density at radius 2 is 2.06 bits per heavy atom. The van der Waals surface area contributed by atoms with Crippen molar-refractivity contribution in [2.45, 2.75) is 39.3 Å². The molecule has 1 N–H and O–H groups in total. The fourth-order valence-electron chi connectivity index (χ4n) is 4.39. The van der Waals surface area contributed by atoms with Crippen LogP contribution in [0, 0.1) is 25.2 Å². The van der Waals surface area contributed by atoms with Crippen LogP contribution in [-0.4, -0.2) is 71.6 Å². The SMILES string of the molecule is Cc1c(C#N)c(NC(=O)CN2CCN(C(=O)c3cccs3)CC2)n(CC2CCCO2)c1C. The number of carbonyl (C=O) groups is 2. The first kappa shape index (κ1) is 22.5. The van der Waals surface area contributed by atoms with E-state index in [1.165, 1.54) is 11.3 Å². The predicted molar refractivity (Wildman–Crippen MR) is 123 cm³/mol. The molecule has 4 rings (SSSR count). The highest BCUT2D eigenvalue weighted by Crippen LogP contribution is 2.28. The zero-order chi connectivity index (χ0) is 22.7. The third-order valence-electron chi connectivity index (χ3n) is 6.37. The number of nitriles is 1. The van der Waals surface area contributed by atoms with Crippen molar-refractivity contribution in [1.82, 2.24) is 14.4 Å². The van der Waals surface area contributed by atoms with Crippen LogP contribution in [0.1, 0.15) is 39.3 Å². The van der Waals surface area contributed by atoms with Gasteiger partial charge in [0.1, 0.15) is 11.9 Å². The van der Waals surface area contributed by atoms with E-state index in [4.69, 9.17) is 4.74 Å². The molecule has 0 spiro atoms. The fraction of sp³-hybridized carbons (Fsp3) is 0.522. The molecule has 2 fully saturated rings. The maximum absolute atomic E-state index is 12.9. The van der Waals surface area contributed by atoms with E-state index in [0.717, 1.165) is 35.6 Å². The summed E-state index contributed by atoms with van der Waals surface area (Å²) in [5, 5.41) is 14.6. The highest BCUT2D eigenvalue weighted by Gasteiger charge is 2.26. The van der Waals surface area contributed by atoms with Crippen LogP contribution in [0.15, 0.2) is 17.5 Å². The van der Waals surface area contributed by atoms with Crippen LogP contribution in [-0.2, 0) is 16.1 Å². The molecule has 170 valence electrons. The van der Waals surface area contributed by atoms with Crippen LogP contribution in [0.25, 0.3) is 0 Å². The van der Waals surface area contributed by atoms with Crippen LogP contribution in [0.5, 0.6) is 0 Å². The molecule has 0 aliphatic carbocycles. The highest BCUT2D eigenvalue weighted by atomic mass is 32.1. The van der Waals surface area contributed by atoms with Gasteiger partial charge in [-0.15, -0.1) is 11.3 Å². The molecule has 0 saturated carbocycles. The second-order valence-electron chi connectivity index (χ2n) is 8.39. The molecular weight excluding hydrogens is 426 g/mol. The second kappa shape index (κ2) is 9.86. The van der Waals surface area contributed by atoms with Crippen LogP contribution in [0.2, 0.25) is 0 Å². The Bertz CT molecular complexity index is 1010. The lowest BCUT2D eigenvalue weighted by Gasteiger charge is -2.34. The number of carbonyl (C=O) groups excluding carboxylic acids is 2. The summed E-state index contributed by atoms with van der Waals surface area (Å²) in [6.45, 7) is 8.00. The predicted octanol–water partition coefficient (Wildman–Crippen LogP) is 2.61. The van der Waals surface area contributed by atoms with Gasteiger partial charge >= 0.3 is 0 Å². The maximum atomic E-state index is 12.9. The summed E-state index contributed by atoms with van der Waals surface area (Å²) in [6, 6.07) is 5.98. The summed E-state index contributed by atoms with van der Waals surface area (Å²) in [5.74, 6) is 0.473. The molecule has 9 heteroatoms. The quantitative estimate of drug-likeness (QED) is 0.723. The number of piperazine rings is 1. The van der Waals surface area contributed by atoms with Crippen molar-refractivity contribution in [1.29, 1.82) is 5.26 Å². The Hall–Kier alpha value is -2.67. The van der Waals surface area contributed by atoms with Gasteiger partial charge in [-0.1, -0.05) is 6.07 Å². The molecule has 4 heterocycles. The number of hydrogen-bond acceptors (Lipinski definition) is 6. The zero-order valence-corrected chi connectivity index (χ0v) is 19.4. The fourth-order valence-corrected chi connectivity index (χ4v) is 5.08. The minimum absolute atomic E-state index is 0.0562. The number of nitrogens with zero attached hydrogens (tertiary/aromatic N) is 4. The Morgan fingerprint density at radius 1 is 1.28 bits per heavy atom. The molecule has 0 bridgehead atoms. The minimum Gasteiger partial charge on any atom is -0.376 e. The molecule has 0 radical (unpaired) electrons. The molecule has 2 amide bonds. The number of anilines is 1. The van der Waals surface area contributed by atoms with Gasteiger partial charge in [-0.2, -0.15) is 5.26 Å². The number of amides is 2. The van der Waals surface area contributed by atoms with E-state index in [9.17, 15) is 14.9 Å². The van der Waals surface area contributed by atoms with Gasteiger partial charge in [-0.25, -0.2) is 0 Å². The minimum atomic E-state index is -0.148. The molecule has 1 atom stereocenters. The van der Waals surface area contributed by atoms with E-state index in [1.807, 2.05) is 45.7 Å². The average molecular weight is 456 g/mol. The molecule has 2 aromatic rings. The molecule has 8 nitrogen and oxygen atoms in total. The Balaban J connectivity index is 1.37. The lowest BCUT2D eigenvalue weighted by Crippen LogP contribution is -2.50. The van der Waals surface area contributed by atoms with Crippen LogP contribution < -0.4 is 5.32 Å². The van der Waals surface area contributed by atoms with Gasteiger partial charge in [0.15, 0.2) is 0 Å².